The van der Waals surface area contributed by atoms with Crippen LogP contribution < -0.4 is 5.11 Å². The Labute approximate surface area is 89.1 Å². The first-order valence-corrected chi connectivity index (χ1v) is 4.69. The van der Waals surface area contributed by atoms with Crippen molar-refractivity contribution in [3.63, 3.8) is 0 Å². The van der Waals surface area contributed by atoms with Crippen molar-refractivity contribution >= 4 is 0 Å². The molecule has 0 saturated carbocycles. The van der Waals surface area contributed by atoms with Crippen molar-refractivity contribution in [2.45, 2.75) is 0 Å². The molecule has 0 radical (unpaired) electrons. The van der Waals surface area contributed by atoms with E-state index in [0.717, 1.165) is 5.56 Å². The lowest BCUT2D eigenvalue weighted by Gasteiger charge is -2.04. The summed E-state index contributed by atoms with van der Waals surface area (Å²) in [5.41, 5.74) is 1.51. The minimum absolute atomic E-state index is 0.135. The molecule has 0 saturated heterocycles. The first kappa shape index (κ1) is 9.36. The summed E-state index contributed by atoms with van der Waals surface area (Å²) in [6.45, 7) is 0. The van der Waals surface area contributed by atoms with Gasteiger partial charge in [0.25, 0.3) is 0 Å². The third-order valence-electron chi connectivity index (χ3n) is 2.02. The van der Waals surface area contributed by atoms with Crippen LogP contribution in [0.2, 0.25) is 0 Å². The Hall–Kier alpha value is -2.20. The minimum atomic E-state index is -0.135. The van der Waals surface area contributed by atoms with Gasteiger partial charge in [0.15, 0.2) is 0 Å². The van der Waals surface area contributed by atoms with Crippen LogP contribution in [-0.4, -0.2) is 0 Å². The smallest absolute Gasteiger partial charge is 0.0248 e. The second-order valence-corrected chi connectivity index (χ2v) is 3.12. The molecule has 0 spiro atoms. The summed E-state index contributed by atoms with van der Waals surface area (Å²) in [6.07, 6.45) is 7.19. The van der Waals surface area contributed by atoms with Crippen LogP contribution in [0.15, 0.2) is 66.0 Å². The summed E-state index contributed by atoms with van der Waals surface area (Å²) in [6, 6.07) is 9.48. The van der Waals surface area contributed by atoms with Crippen molar-refractivity contribution in [2.24, 2.45) is 0 Å². The summed E-state index contributed by atoms with van der Waals surface area (Å²) in [5, 5.41) is 11.5. The summed E-state index contributed by atoms with van der Waals surface area (Å²) in [7, 11) is 0. The van der Waals surface area contributed by atoms with Crippen LogP contribution in [-0.2, 0) is 0 Å². The zero-order valence-corrected chi connectivity index (χ0v) is 8.10. The zero-order valence-electron chi connectivity index (χ0n) is 8.10. The molecule has 0 N–H and O–H groups in total. The molecular formula is C14H9O-. The molecule has 15 heavy (non-hydrogen) atoms. The van der Waals surface area contributed by atoms with Gasteiger partial charge in [0.1, 0.15) is 0 Å². The van der Waals surface area contributed by atoms with Crippen molar-refractivity contribution in [3.8, 4) is 11.8 Å². The number of hydrogen-bond acceptors (Lipinski definition) is 1. The molecule has 0 atom stereocenters. The lowest BCUT2D eigenvalue weighted by Crippen LogP contribution is -2.02. The monoisotopic (exact) mass is 193 g/mol. The van der Waals surface area contributed by atoms with E-state index in [2.05, 4.69) is 11.8 Å². The van der Waals surface area contributed by atoms with Gasteiger partial charge in [0.2, 0.25) is 0 Å². The molecular weight excluding hydrogens is 184 g/mol. The van der Waals surface area contributed by atoms with Gasteiger partial charge in [-0.05, 0) is 23.5 Å². The van der Waals surface area contributed by atoms with Crippen LogP contribution in [0, 0.1) is 11.8 Å². The van der Waals surface area contributed by atoms with Crippen molar-refractivity contribution in [3.05, 3.63) is 71.5 Å². The molecule has 72 valence electrons. The van der Waals surface area contributed by atoms with E-state index in [0.29, 0.717) is 5.57 Å². The molecule has 1 aromatic carbocycles. The van der Waals surface area contributed by atoms with E-state index < -0.39 is 0 Å². The second-order valence-electron chi connectivity index (χ2n) is 3.12. The maximum absolute atomic E-state index is 11.5. The van der Waals surface area contributed by atoms with E-state index >= 15 is 0 Å². The molecule has 2 rings (SSSR count). The highest BCUT2D eigenvalue weighted by atomic mass is 16.3. The molecule has 1 aromatic rings. The Morgan fingerprint density at radius 1 is 1.00 bits per heavy atom. The fourth-order valence-electron chi connectivity index (χ4n) is 1.25. The van der Waals surface area contributed by atoms with Crippen LogP contribution >= 0.6 is 0 Å². The average Bonchev–Trinajstić information content (AvgIpc) is 2.81. The fraction of sp³-hybridized carbons (Fsp3) is 0. The molecule has 1 nitrogen and oxygen atoms in total. The Bertz CT molecular complexity index is 479. The van der Waals surface area contributed by atoms with Gasteiger partial charge >= 0.3 is 0 Å². The minimum Gasteiger partial charge on any atom is -0.866 e. The van der Waals surface area contributed by atoms with Gasteiger partial charge in [-0.2, -0.15) is 0 Å². The van der Waals surface area contributed by atoms with E-state index in [9.17, 15) is 5.11 Å². The highest BCUT2D eigenvalue weighted by Crippen LogP contribution is 2.09. The van der Waals surface area contributed by atoms with Gasteiger partial charge in [-0.25, -0.2) is 0 Å². The first-order chi connectivity index (χ1) is 7.36. The molecule has 1 heteroatoms. The van der Waals surface area contributed by atoms with Gasteiger partial charge in [-0.15, -0.1) is 0 Å². The van der Waals surface area contributed by atoms with Crippen molar-refractivity contribution in [2.75, 3.05) is 0 Å². The molecule has 1 aliphatic rings. The van der Waals surface area contributed by atoms with Gasteiger partial charge < -0.3 is 5.11 Å². The molecule has 0 aliphatic heterocycles. The maximum atomic E-state index is 11.5. The van der Waals surface area contributed by atoms with E-state index in [4.69, 9.17) is 0 Å². The van der Waals surface area contributed by atoms with Crippen molar-refractivity contribution in [1.82, 2.24) is 0 Å². The Kier molecular flexibility index (Phi) is 2.71. The lowest BCUT2D eigenvalue weighted by atomic mass is 10.2. The maximum Gasteiger partial charge on any atom is 0.0248 e. The largest absolute Gasteiger partial charge is 0.866 e. The summed E-state index contributed by atoms with van der Waals surface area (Å²) in [4.78, 5) is 0. The molecule has 0 heterocycles. The standard InChI is InChI=1S/C14H10O/c15-14(13-8-4-5-9-13)11-10-12-6-2-1-3-7-12/h1-9,15H/p-1. The molecule has 0 bridgehead atoms. The quantitative estimate of drug-likeness (QED) is 0.455. The van der Waals surface area contributed by atoms with E-state index in [-0.39, 0.29) is 5.76 Å². The highest BCUT2D eigenvalue weighted by Gasteiger charge is 1.90. The van der Waals surface area contributed by atoms with Gasteiger partial charge in [0.05, 0.1) is 0 Å². The Morgan fingerprint density at radius 2 is 1.67 bits per heavy atom. The third kappa shape index (κ3) is 2.38. The third-order valence-corrected chi connectivity index (χ3v) is 2.02. The van der Waals surface area contributed by atoms with Crippen LogP contribution in [0.1, 0.15) is 5.56 Å². The van der Waals surface area contributed by atoms with Crippen LogP contribution in [0.4, 0.5) is 0 Å². The summed E-state index contributed by atoms with van der Waals surface area (Å²) >= 11 is 0. The normalized spacial score (nSPS) is 12.4. The van der Waals surface area contributed by atoms with Crippen molar-refractivity contribution in [1.29, 1.82) is 0 Å². The van der Waals surface area contributed by atoms with Crippen LogP contribution in [0.5, 0.6) is 0 Å². The predicted octanol–water partition coefficient (Wildman–Crippen LogP) is 1.78. The lowest BCUT2D eigenvalue weighted by molar-refractivity contribution is -0.293. The first-order valence-electron chi connectivity index (χ1n) is 4.69. The molecule has 0 fully saturated rings. The van der Waals surface area contributed by atoms with Gasteiger partial charge in [-0.3, -0.25) is 0 Å². The Morgan fingerprint density at radius 3 is 2.33 bits per heavy atom. The highest BCUT2D eigenvalue weighted by molar-refractivity contribution is 5.48. The summed E-state index contributed by atoms with van der Waals surface area (Å²) in [5.74, 6) is 5.31. The number of benzene rings is 1. The Balaban J connectivity index is 2.23. The SMILES string of the molecule is [O-]C(C#Cc1ccccc1)=C1C=CC=C1. The van der Waals surface area contributed by atoms with Gasteiger partial charge in [-0.1, -0.05) is 54.3 Å². The summed E-state index contributed by atoms with van der Waals surface area (Å²) < 4.78 is 0. The van der Waals surface area contributed by atoms with E-state index in [1.807, 2.05) is 42.5 Å². The number of rotatable bonds is 0. The van der Waals surface area contributed by atoms with Crippen molar-refractivity contribution < 1.29 is 5.11 Å². The zero-order chi connectivity index (χ0) is 10.5. The number of hydrogen-bond donors (Lipinski definition) is 0. The number of allylic oxidation sites excluding steroid dienone is 6. The fourth-order valence-corrected chi connectivity index (χ4v) is 1.25. The molecule has 0 aromatic heterocycles. The predicted molar refractivity (Wildman–Crippen MR) is 58.6 cm³/mol. The van der Waals surface area contributed by atoms with Crippen LogP contribution in [0.3, 0.4) is 0 Å². The van der Waals surface area contributed by atoms with E-state index in [1.165, 1.54) is 0 Å². The topological polar surface area (TPSA) is 23.1 Å². The molecule has 0 unspecified atom stereocenters. The van der Waals surface area contributed by atoms with E-state index in [1.54, 1.807) is 12.2 Å². The molecule has 0 amide bonds. The van der Waals surface area contributed by atoms with Gasteiger partial charge in [0, 0.05) is 5.56 Å². The average molecular weight is 193 g/mol. The molecule has 1 aliphatic carbocycles. The second kappa shape index (κ2) is 4.34. The van der Waals surface area contributed by atoms with Crippen LogP contribution in [0.25, 0.3) is 0 Å².